The highest BCUT2D eigenvalue weighted by Gasteiger charge is 2.04. The van der Waals surface area contributed by atoms with Crippen LogP contribution in [-0.2, 0) is 0 Å². The summed E-state index contributed by atoms with van der Waals surface area (Å²) in [5, 5.41) is 0. The largest absolute Gasteiger partial charge is 0.490 e. The minimum Gasteiger partial charge on any atom is -0.490 e. The Labute approximate surface area is 178 Å². The standard InChI is InChI=1S/C24H28N2O4/c1-25(2)15-13-23(27)19-5-9-21(10-6-19)29-17-18-30-22-11-7-20(8-12-22)24(28)14-16-26(3)4/h5-16H,17-18H2,1-4H3/b15-13+,16-14+. The molecule has 6 nitrogen and oxygen atoms in total. The van der Waals surface area contributed by atoms with Gasteiger partial charge in [-0.1, -0.05) is 0 Å². The van der Waals surface area contributed by atoms with Gasteiger partial charge in [-0.25, -0.2) is 0 Å². The van der Waals surface area contributed by atoms with Crippen molar-refractivity contribution in [3.63, 3.8) is 0 Å². The minimum atomic E-state index is -0.0577. The van der Waals surface area contributed by atoms with Crippen LogP contribution in [0.15, 0.2) is 73.1 Å². The number of ether oxygens (including phenoxy) is 2. The van der Waals surface area contributed by atoms with Crippen LogP contribution in [0.3, 0.4) is 0 Å². The Bertz CT molecular complexity index is 807. The maximum absolute atomic E-state index is 12.0. The van der Waals surface area contributed by atoms with Crippen molar-refractivity contribution in [3.05, 3.63) is 84.2 Å². The maximum atomic E-state index is 12.0. The van der Waals surface area contributed by atoms with E-state index in [1.54, 1.807) is 60.9 Å². The highest BCUT2D eigenvalue weighted by molar-refractivity contribution is 6.04. The average molecular weight is 408 g/mol. The average Bonchev–Trinajstić information content (AvgIpc) is 2.74. The van der Waals surface area contributed by atoms with Gasteiger partial charge < -0.3 is 19.3 Å². The molecule has 0 unspecified atom stereocenters. The van der Waals surface area contributed by atoms with E-state index in [1.165, 1.54) is 12.2 Å². The molecule has 2 rings (SSSR count). The van der Waals surface area contributed by atoms with Crippen molar-refractivity contribution in [1.29, 1.82) is 0 Å². The molecule has 0 aromatic heterocycles. The Kier molecular flexibility index (Phi) is 8.69. The molecule has 2 aromatic rings. The Morgan fingerprint density at radius 3 is 1.30 bits per heavy atom. The molecule has 0 saturated heterocycles. The lowest BCUT2D eigenvalue weighted by atomic mass is 10.1. The fraction of sp³-hybridized carbons (Fsp3) is 0.250. The van der Waals surface area contributed by atoms with Crippen LogP contribution in [0.1, 0.15) is 20.7 Å². The normalized spacial score (nSPS) is 10.9. The summed E-state index contributed by atoms with van der Waals surface area (Å²) in [5.74, 6) is 1.22. The van der Waals surface area contributed by atoms with Crippen LogP contribution < -0.4 is 9.47 Å². The molecule has 0 amide bonds. The SMILES string of the molecule is CN(C)/C=C/C(=O)c1ccc(OCCOc2ccc(C(=O)/C=C/N(C)C)cc2)cc1. The van der Waals surface area contributed by atoms with Gasteiger partial charge in [0.1, 0.15) is 24.7 Å². The summed E-state index contributed by atoms with van der Waals surface area (Å²) in [5.41, 5.74) is 1.21. The molecule has 0 spiro atoms. The molecule has 30 heavy (non-hydrogen) atoms. The van der Waals surface area contributed by atoms with Crippen LogP contribution >= 0.6 is 0 Å². The van der Waals surface area contributed by atoms with Crippen molar-refractivity contribution in [2.75, 3.05) is 41.4 Å². The Hall–Kier alpha value is -3.54. The van der Waals surface area contributed by atoms with Gasteiger partial charge >= 0.3 is 0 Å². The molecular formula is C24H28N2O4. The first-order valence-electron chi connectivity index (χ1n) is 9.59. The molecule has 6 heteroatoms. The number of allylic oxidation sites excluding steroid dienone is 2. The van der Waals surface area contributed by atoms with Gasteiger partial charge in [0.25, 0.3) is 0 Å². The second-order valence-electron chi connectivity index (χ2n) is 7.03. The second-order valence-corrected chi connectivity index (χ2v) is 7.03. The van der Waals surface area contributed by atoms with Crippen molar-refractivity contribution in [2.24, 2.45) is 0 Å². The molecular weight excluding hydrogens is 380 g/mol. The highest BCUT2D eigenvalue weighted by Crippen LogP contribution is 2.15. The predicted octanol–water partition coefficient (Wildman–Crippen LogP) is 3.66. The van der Waals surface area contributed by atoms with Gasteiger partial charge in [-0.05, 0) is 48.5 Å². The zero-order chi connectivity index (χ0) is 21.9. The molecule has 0 aliphatic heterocycles. The molecule has 0 heterocycles. The number of nitrogens with zero attached hydrogens (tertiary/aromatic N) is 2. The molecule has 0 N–H and O–H groups in total. The molecule has 0 aliphatic rings. The third kappa shape index (κ3) is 7.83. The summed E-state index contributed by atoms with van der Waals surface area (Å²) >= 11 is 0. The number of hydrogen-bond acceptors (Lipinski definition) is 6. The molecule has 0 aliphatic carbocycles. The van der Waals surface area contributed by atoms with Crippen LogP contribution in [-0.4, -0.2) is 62.8 Å². The number of rotatable bonds is 11. The lowest BCUT2D eigenvalue weighted by Crippen LogP contribution is -2.09. The van der Waals surface area contributed by atoms with E-state index in [4.69, 9.17) is 9.47 Å². The zero-order valence-electron chi connectivity index (χ0n) is 17.9. The van der Waals surface area contributed by atoms with Gasteiger partial charge in [0.15, 0.2) is 11.6 Å². The minimum absolute atomic E-state index is 0.0577. The van der Waals surface area contributed by atoms with Crippen LogP contribution in [0.25, 0.3) is 0 Å². The summed E-state index contributed by atoms with van der Waals surface area (Å²) in [7, 11) is 7.45. The molecule has 0 radical (unpaired) electrons. The van der Waals surface area contributed by atoms with E-state index < -0.39 is 0 Å². The molecule has 0 atom stereocenters. The topological polar surface area (TPSA) is 59.1 Å². The maximum Gasteiger partial charge on any atom is 0.187 e. The number of benzene rings is 2. The lowest BCUT2D eigenvalue weighted by molar-refractivity contribution is 0.103. The molecule has 0 saturated carbocycles. The second kappa shape index (κ2) is 11.5. The lowest BCUT2D eigenvalue weighted by Gasteiger charge is -2.09. The third-order valence-electron chi connectivity index (χ3n) is 3.95. The molecule has 2 aromatic carbocycles. The fourth-order valence-corrected chi connectivity index (χ4v) is 2.38. The van der Waals surface area contributed by atoms with Crippen LogP contribution in [0, 0.1) is 0 Å². The van der Waals surface area contributed by atoms with Crippen molar-refractivity contribution in [2.45, 2.75) is 0 Å². The van der Waals surface area contributed by atoms with Gasteiger partial charge in [0, 0.05) is 63.9 Å². The van der Waals surface area contributed by atoms with E-state index in [0.717, 1.165) is 0 Å². The first kappa shape index (κ1) is 22.7. The van der Waals surface area contributed by atoms with E-state index in [2.05, 4.69) is 0 Å². The Morgan fingerprint density at radius 1 is 0.667 bits per heavy atom. The van der Waals surface area contributed by atoms with E-state index >= 15 is 0 Å². The van der Waals surface area contributed by atoms with Gasteiger partial charge in [0.05, 0.1) is 0 Å². The van der Waals surface area contributed by atoms with E-state index in [-0.39, 0.29) is 11.6 Å². The predicted molar refractivity (Wildman–Crippen MR) is 118 cm³/mol. The van der Waals surface area contributed by atoms with Gasteiger partial charge in [-0.3, -0.25) is 9.59 Å². The Balaban J connectivity index is 1.77. The summed E-state index contributed by atoms with van der Waals surface area (Å²) in [6.07, 6.45) is 6.49. The summed E-state index contributed by atoms with van der Waals surface area (Å²) in [6, 6.07) is 14.0. The molecule has 0 fully saturated rings. The first-order valence-corrected chi connectivity index (χ1v) is 9.59. The number of carbonyl (C=O) groups is 2. The van der Waals surface area contributed by atoms with Gasteiger partial charge in [0.2, 0.25) is 0 Å². The number of ketones is 2. The van der Waals surface area contributed by atoms with Crippen molar-refractivity contribution >= 4 is 11.6 Å². The summed E-state index contributed by atoms with van der Waals surface area (Å²) < 4.78 is 11.3. The molecule has 0 bridgehead atoms. The molecule has 158 valence electrons. The van der Waals surface area contributed by atoms with Crippen molar-refractivity contribution in [1.82, 2.24) is 9.80 Å². The van der Waals surface area contributed by atoms with Gasteiger partial charge in [-0.15, -0.1) is 0 Å². The van der Waals surface area contributed by atoms with E-state index in [0.29, 0.717) is 35.8 Å². The van der Waals surface area contributed by atoms with Crippen molar-refractivity contribution in [3.8, 4) is 11.5 Å². The smallest absolute Gasteiger partial charge is 0.187 e. The fourth-order valence-electron chi connectivity index (χ4n) is 2.38. The summed E-state index contributed by atoms with van der Waals surface area (Å²) in [6.45, 7) is 0.722. The quantitative estimate of drug-likeness (QED) is 0.321. The highest BCUT2D eigenvalue weighted by atomic mass is 16.5. The van der Waals surface area contributed by atoms with Crippen LogP contribution in [0.4, 0.5) is 0 Å². The monoisotopic (exact) mass is 408 g/mol. The van der Waals surface area contributed by atoms with E-state index in [1.807, 2.05) is 38.0 Å². The number of hydrogen-bond donors (Lipinski definition) is 0. The van der Waals surface area contributed by atoms with E-state index in [9.17, 15) is 9.59 Å². The van der Waals surface area contributed by atoms with Gasteiger partial charge in [-0.2, -0.15) is 0 Å². The third-order valence-corrected chi connectivity index (χ3v) is 3.95. The summed E-state index contributed by atoms with van der Waals surface area (Å²) in [4.78, 5) is 27.6. The van der Waals surface area contributed by atoms with Crippen LogP contribution in [0.5, 0.6) is 11.5 Å². The number of carbonyl (C=O) groups excluding carboxylic acids is 2. The zero-order valence-corrected chi connectivity index (χ0v) is 17.9. The Morgan fingerprint density at radius 2 is 1.00 bits per heavy atom. The first-order chi connectivity index (χ1) is 14.3. The van der Waals surface area contributed by atoms with Crippen molar-refractivity contribution < 1.29 is 19.1 Å². The van der Waals surface area contributed by atoms with Crippen LogP contribution in [0.2, 0.25) is 0 Å².